The molecule has 16 heavy (non-hydrogen) atoms. The number of hydrogen-bond acceptors (Lipinski definition) is 4. The molecule has 1 aromatic rings. The first-order valence-electron chi connectivity index (χ1n) is 5.08. The molecule has 86 valence electrons. The molecule has 1 N–H and O–H groups in total. The van der Waals surface area contributed by atoms with Crippen LogP contribution in [0.3, 0.4) is 0 Å². The van der Waals surface area contributed by atoms with Gasteiger partial charge in [-0.2, -0.15) is 0 Å². The van der Waals surface area contributed by atoms with Crippen LogP contribution in [0.4, 0.5) is 0 Å². The summed E-state index contributed by atoms with van der Waals surface area (Å²) in [5.74, 6) is 2.18. The Bertz CT molecular complexity index is 392. The van der Waals surface area contributed by atoms with Crippen LogP contribution in [-0.4, -0.2) is 19.1 Å². The van der Waals surface area contributed by atoms with Crippen LogP contribution in [-0.2, 0) is 9.53 Å². The Kier molecular flexibility index (Phi) is 5.03. The van der Waals surface area contributed by atoms with Gasteiger partial charge in [-0.1, -0.05) is 5.92 Å². The molecule has 1 aromatic heterocycles. The highest BCUT2D eigenvalue weighted by atomic mass is 32.1. The van der Waals surface area contributed by atoms with Crippen molar-refractivity contribution in [3.8, 4) is 12.3 Å². The third-order valence-corrected chi connectivity index (χ3v) is 3.04. The Morgan fingerprint density at radius 1 is 1.69 bits per heavy atom. The number of ether oxygens (including phenoxy) is 1. The molecule has 4 heteroatoms. The lowest BCUT2D eigenvalue weighted by Crippen LogP contribution is -2.29. The third kappa shape index (κ3) is 3.37. The van der Waals surface area contributed by atoms with E-state index >= 15 is 0 Å². The van der Waals surface area contributed by atoms with Gasteiger partial charge in [0.2, 0.25) is 0 Å². The minimum atomic E-state index is -0.449. The molecule has 3 nitrogen and oxygen atoms in total. The normalized spacial score (nSPS) is 11.8. The number of carbonyl (C=O) groups excluding carboxylic acids is 1. The van der Waals surface area contributed by atoms with Gasteiger partial charge in [-0.3, -0.25) is 5.32 Å². The lowest BCUT2D eigenvalue weighted by atomic mass is 10.2. The molecular weight excluding hydrogens is 222 g/mol. The van der Waals surface area contributed by atoms with Crippen LogP contribution in [0.25, 0.3) is 0 Å². The van der Waals surface area contributed by atoms with Crippen LogP contribution >= 0.6 is 11.3 Å². The van der Waals surface area contributed by atoms with Gasteiger partial charge in [-0.25, -0.2) is 4.79 Å². The largest absolute Gasteiger partial charge is 0.465 e. The van der Waals surface area contributed by atoms with Crippen molar-refractivity contribution in [2.24, 2.45) is 0 Å². The maximum atomic E-state index is 11.7. The number of aryl methyl sites for hydroxylation is 1. The highest BCUT2D eigenvalue weighted by Gasteiger charge is 2.22. The summed E-state index contributed by atoms with van der Waals surface area (Å²) in [4.78, 5) is 13.8. The zero-order valence-corrected chi connectivity index (χ0v) is 10.3. The second-order valence-corrected chi connectivity index (χ2v) is 4.54. The van der Waals surface area contributed by atoms with Gasteiger partial charge in [0.05, 0.1) is 13.2 Å². The summed E-state index contributed by atoms with van der Waals surface area (Å²) >= 11 is 1.57. The average Bonchev–Trinajstić information content (AvgIpc) is 2.66. The second kappa shape index (κ2) is 6.31. The van der Waals surface area contributed by atoms with E-state index in [9.17, 15) is 4.79 Å². The minimum absolute atomic E-state index is 0.278. The van der Waals surface area contributed by atoms with E-state index in [0.29, 0.717) is 13.2 Å². The van der Waals surface area contributed by atoms with Gasteiger partial charge in [0, 0.05) is 9.75 Å². The summed E-state index contributed by atoms with van der Waals surface area (Å²) in [6.07, 6.45) is 5.17. The lowest BCUT2D eigenvalue weighted by molar-refractivity contribution is -0.145. The first-order valence-corrected chi connectivity index (χ1v) is 5.90. The predicted octanol–water partition coefficient (Wildman–Crippen LogP) is 1.88. The summed E-state index contributed by atoms with van der Waals surface area (Å²) in [7, 11) is 0. The first kappa shape index (κ1) is 12.8. The lowest BCUT2D eigenvalue weighted by Gasteiger charge is -2.14. The Morgan fingerprint density at radius 2 is 2.44 bits per heavy atom. The Balaban J connectivity index is 2.79. The number of terminal acetylenes is 1. The van der Waals surface area contributed by atoms with Gasteiger partial charge in [-0.15, -0.1) is 17.8 Å². The fourth-order valence-electron chi connectivity index (χ4n) is 1.30. The van der Waals surface area contributed by atoms with E-state index in [1.807, 2.05) is 19.1 Å². The molecule has 0 bridgehead atoms. The van der Waals surface area contributed by atoms with Gasteiger partial charge >= 0.3 is 5.97 Å². The quantitative estimate of drug-likeness (QED) is 0.627. The van der Waals surface area contributed by atoms with Crippen LogP contribution in [0, 0.1) is 19.3 Å². The Hall–Kier alpha value is -1.31. The molecule has 1 unspecified atom stereocenters. The fourth-order valence-corrected chi connectivity index (χ4v) is 2.24. The Labute approximate surface area is 99.8 Å². The van der Waals surface area contributed by atoms with Gasteiger partial charge in [0.15, 0.2) is 0 Å². The highest BCUT2D eigenvalue weighted by molar-refractivity contribution is 7.12. The van der Waals surface area contributed by atoms with Crippen LogP contribution in [0.2, 0.25) is 0 Å². The van der Waals surface area contributed by atoms with E-state index in [-0.39, 0.29) is 5.97 Å². The number of thiophene rings is 1. The van der Waals surface area contributed by atoms with Crippen LogP contribution in [0.15, 0.2) is 12.1 Å². The van der Waals surface area contributed by atoms with Crippen molar-refractivity contribution in [3.63, 3.8) is 0 Å². The third-order valence-electron chi connectivity index (χ3n) is 1.98. The summed E-state index contributed by atoms with van der Waals surface area (Å²) in [5, 5.41) is 2.98. The van der Waals surface area contributed by atoms with E-state index in [2.05, 4.69) is 11.2 Å². The van der Waals surface area contributed by atoms with Crippen molar-refractivity contribution in [1.82, 2.24) is 5.32 Å². The van der Waals surface area contributed by atoms with Crippen LogP contribution in [0.1, 0.15) is 22.7 Å². The van der Waals surface area contributed by atoms with Gasteiger partial charge in [-0.05, 0) is 26.0 Å². The number of hydrogen-bond donors (Lipinski definition) is 1. The summed E-state index contributed by atoms with van der Waals surface area (Å²) < 4.78 is 5.00. The van der Waals surface area contributed by atoms with E-state index < -0.39 is 6.04 Å². The zero-order valence-electron chi connectivity index (χ0n) is 9.45. The fraction of sp³-hybridized carbons (Fsp3) is 0.417. The van der Waals surface area contributed by atoms with Crippen molar-refractivity contribution < 1.29 is 9.53 Å². The Morgan fingerprint density at radius 3 is 2.94 bits per heavy atom. The molecule has 0 aliphatic carbocycles. The molecule has 0 amide bonds. The topological polar surface area (TPSA) is 38.3 Å². The number of carbonyl (C=O) groups is 1. The maximum Gasteiger partial charge on any atom is 0.328 e. The highest BCUT2D eigenvalue weighted by Crippen LogP contribution is 2.23. The van der Waals surface area contributed by atoms with Crippen molar-refractivity contribution in [1.29, 1.82) is 0 Å². The molecule has 0 radical (unpaired) electrons. The van der Waals surface area contributed by atoms with Crippen molar-refractivity contribution in [2.75, 3.05) is 13.2 Å². The second-order valence-electron chi connectivity index (χ2n) is 3.22. The summed E-state index contributed by atoms with van der Waals surface area (Å²) in [5.41, 5.74) is 0. The first-order chi connectivity index (χ1) is 7.69. The van der Waals surface area contributed by atoms with Gasteiger partial charge < -0.3 is 4.74 Å². The molecule has 0 saturated heterocycles. The van der Waals surface area contributed by atoms with Crippen molar-refractivity contribution in [3.05, 3.63) is 21.9 Å². The molecule has 0 aromatic carbocycles. The smallest absolute Gasteiger partial charge is 0.328 e. The van der Waals surface area contributed by atoms with Gasteiger partial charge in [0.1, 0.15) is 6.04 Å². The predicted molar refractivity (Wildman–Crippen MR) is 65.3 cm³/mol. The minimum Gasteiger partial charge on any atom is -0.465 e. The average molecular weight is 237 g/mol. The maximum absolute atomic E-state index is 11.7. The van der Waals surface area contributed by atoms with Crippen molar-refractivity contribution >= 4 is 17.3 Å². The molecule has 0 spiro atoms. The van der Waals surface area contributed by atoms with Crippen LogP contribution < -0.4 is 5.32 Å². The number of rotatable bonds is 5. The number of esters is 1. The van der Waals surface area contributed by atoms with E-state index in [1.54, 1.807) is 18.3 Å². The molecule has 0 saturated carbocycles. The number of nitrogens with one attached hydrogen (secondary N) is 1. The van der Waals surface area contributed by atoms with Crippen LogP contribution in [0.5, 0.6) is 0 Å². The molecule has 0 aliphatic heterocycles. The SMILES string of the molecule is C#CCNC(C(=O)OCC)c1ccc(C)s1. The zero-order chi connectivity index (χ0) is 12.0. The molecular formula is C12H15NO2S. The van der Waals surface area contributed by atoms with Gasteiger partial charge in [0.25, 0.3) is 0 Å². The summed E-state index contributed by atoms with van der Waals surface area (Å²) in [6.45, 7) is 4.51. The standard InChI is InChI=1S/C12H15NO2S/c1-4-8-13-11(12(14)15-5-2)10-7-6-9(3)16-10/h1,6-7,11,13H,5,8H2,2-3H3. The molecule has 1 rings (SSSR count). The molecule has 0 fully saturated rings. The molecule has 1 heterocycles. The molecule has 1 atom stereocenters. The van der Waals surface area contributed by atoms with Crippen molar-refractivity contribution in [2.45, 2.75) is 19.9 Å². The summed E-state index contributed by atoms with van der Waals surface area (Å²) in [6, 6.07) is 3.45. The molecule has 0 aliphatic rings. The monoisotopic (exact) mass is 237 g/mol. The van der Waals surface area contributed by atoms with E-state index in [1.165, 1.54) is 0 Å². The van der Waals surface area contributed by atoms with E-state index in [4.69, 9.17) is 11.2 Å². The van der Waals surface area contributed by atoms with E-state index in [0.717, 1.165) is 9.75 Å².